The van der Waals surface area contributed by atoms with E-state index in [0.717, 1.165) is 25.1 Å². The van der Waals surface area contributed by atoms with E-state index in [2.05, 4.69) is 29.7 Å². The highest BCUT2D eigenvalue weighted by molar-refractivity contribution is 6.32. The Morgan fingerprint density at radius 3 is 2.92 bits per heavy atom. The van der Waals surface area contributed by atoms with E-state index < -0.39 is 0 Å². The predicted octanol–water partition coefficient (Wildman–Crippen LogP) is 3.38. The standard InChI is InChI=1S/C18H26ClN3O2/c1-4-23-16-8-12(7-14(19)18(16)24-10-11(2)3)17-13-9-20-6-5-15(13)21-22-17/h7-8,11,13,17,20,22H,4-6,9-10H2,1-3H3. The molecule has 132 valence electrons. The molecule has 0 aromatic heterocycles. The summed E-state index contributed by atoms with van der Waals surface area (Å²) in [5.74, 6) is 2.14. The van der Waals surface area contributed by atoms with Gasteiger partial charge in [0.1, 0.15) is 0 Å². The fourth-order valence-corrected chi connectivity index (χ4v) is 3.47. The molecular weight excluding hydrogens is 326 g/mol. The minimum absolute atomic E-state index is 0.128. The summed E-state index contributed by atoms with van der Waals surface area (Å²) in [4.78, 5) is 0. The largest absolute Gasteiger partial charge is 0.490 e. The van der Waals surface area contributed by atoms with Gasteiger partial charge in [-0.05, 0) is 30.5 Å². The molecule has 0 saturated carbocycles. The molecular formula is C18H26ClN3O2. The molecule has 2 heterocycles. The molecule has 1 fully saturated rings. The quantitative estimate of drug-likeness (QED) is 0.825. The van der Waals surface area contributed by atoms with Gasteiger partial charge in [0, 0.05) is 31.1 Å². The lowest BCUT2D eigenvalue weighted by molar-refractivity contribution is 0.248. The highest BCUT2D eigenvalue weighted by Crippen LogP contribution is 2.41. The third-order valence-electron chi connectivity index (χ3n) is 4.35. The molecule has 1 saturated heterocycles. The van der Waals surface area contributed by atoms with Gasteiger partial charge in [-0.3, -0.25) is 0 Å². The van der Waals surface area contributed by atoms with E-state index in [9.17, 15) is 0 Å². The summed E-state index contributed by atoms with van der Waals surface area (Å²) in [6.45, 7) is 9.30. The summed E-state index contributed by atoms with van der Waals surface area (Å²) in [6, 6.07) is 4.14. The number of ether oxygens (including phenoxy) is 2. The zero-order valence-electron chi connectivity index (χ0n) is 14.6. The number of fused-ring (bicyclic) bond motifs is 1. The van der Waals surface area contributed by atoms with Gasteiger partial charge in [-0.15, -0.1) is 0 Å². The van der Waals surface area contributed by atoms with Crippen molar-refractivity contribution in [2.24, 2.45) is 16.9 Å². The predicted molar refractivity (Wildman–Crippen MR) is 97.2 cm³/mol. The SMILES string of the molecule is CCOc1cc(C2NN=C3CCNCC32)cc(Cl)c1OCC(C)C. The fraction of sp³-hybridized carbons (Fsp3) is 0.611. The van der Waals surface area contributed by atoms with Gasteiger partial charge in [0.15, 0.2) is 11.5 Å². The van der Waals surface area contributed by atoms with Crippen molar-refractivity contribution in [3.8, 4) is 11.5 Å². The second-order valence-electron chi connectivity index (χ2n) is 6.74. The molecule has 0 spiro atoms. The van der Waals surface area contributed by atoms with Crippen molar-refractivity contribution >= 4 is 17.3 Å². The molecule has 3 rings (SSSR count). The van der Waals surface area contributed by atoms with E-state index in [1.54, 1.807) is 0 Å². The first-order valence-electron chi connectivity index (χ1n) is 8.71. The lowest BCUT2D eigenvalue weighted by Gasteiger charge is -2.26. The number of benzene rings is 1. The molecule has 5 nitrogen and oxygen atoms in total. The second kappa shape index (κ2) is 7.62. The van der Waals surface area contributed by atoms with E-state index in [-0.39, 0.29) is 6.04 Å². The van der Waals surface area contributed by atoms with E-state index in [0.29, 0.717) is 41.6 Å². The number of nitrogens with one attached hydrogen (secondary N) is 2. The van der Waals surface area contributed by atoms with Crippen LogP contribution in [0.25, 0.3) is 0 Å². The van der Waals surface area contributed by atoms with Gasteiger partial charge in [0.25, 0.3) is 0 Å². The van der Waals surface area contributed by atoms with Crippen LogP contribution in [0.4, 0.5) is 0 Å². The molecule has 1 aromatic carbocycles. The van der Waals surface area contributed by atoms with Gasteiger partial charge in [0.2, 0.25) is 0 Å². The van der Waals surface area contributed by atoms with Crippen LogP contribution < -0.4 is 20.2 Å². The van der Waals surface area contributed by atoms with Gasteiger partial charge in [0.05, 0.1) is 24.3 Å². The van der Waals surface area contributed by atoms with Crippen LogP contribution in [0, 0.1) is 11.8 Å². The number of hydrogen-bond acceptors (Lipinski definition) is 5. The lowest BCUT2D eigenvalue weighted by atomic mass is 9.87. The summed E-state index contributed by atoms with van der Waals surface area (Å²) >= 11 is 6.52. The van der Waals surface area contributed by atoms with Crippen LogP contribution in [0.15, 0.2) is 17.2 Å². The van der Waals surface area contributed by atoms with Gasteiger partial charge in [-0.2, -0.15) is 5.10 Å². The molecule has 0 aliphatic carbocycles. The van der Waals surface area contributed by atoms with Crippen molar-refractivity contribution in [1.29, 1.82) is 0 Å². The minimum atomic E-state index is 0.128. The topological polar surface area (TPSA) is 54.9 Å². The molecule has 24 heavy (non-hydrogen) atoms. The Labute approximate surface area is 148 Å². The summed E-state index contributed by atoms with van der Waals surface area (Å²) in [7, 11) is 0. The number of nitrogens with zero attached hydrogens (tertiary/aromatic N) is 1. The second-order valence-corrected chi connectivity index (χ2v) is 7.15. The molecule has 0 amide bonds. The Morgan fingerprint density at radius 2 is 2.17 bits per heavy atom. The van der Waals surface area contributed by atoms with Gasteiger partial charge in [-0.1, -0.05) is 25.4 Å². The van der Waals surface area contributed by atoms with Crippen LogP contribution in [-0.2, 0) is 0 Å². The monoisotopic (exact) mass is 351 g/mol. The molecule has 2 unspecified atom stereocenters. The molecule has 0 bridgehead atoms. The Balaban J connectivity index is 1.86. The van der Waals surface area contributed by atoms with Crippen LogP contribution >= 0.6 is 11.6 Å². The molecule has 2 aliphatic heterocycles. The average Bonchev–Trinajstić information content (AvgIpc) is 2.98. The number of hydrazone groups is 1. The van der Waals surface area contributed by atoms with Crippen molar-refractivity contribution in [1.82, 2.24) is 10.7 Å². The van der Waals surface area contributed by atoms with Crippen LogP contribution in [-0.4, -0.2) is 32.0 Å². The van der Waals surface area contributed by atoms with Crippen molar-refractivity contribution in [2.45, 2.75) is 33.2 Å². The maximum Gasteiger partial charge on any atom is 0.179 e. The first-order chi connectivity index (χ1) is 11.6. The summed E-state index contributed by atoms with van der Waals surface area (Å²) in [6.07, 6.45) is 0.996. The van der Waals surface area contributed by atoms with Crippen molar-refractivity contribution in [2.75, 3.05) is 26.3 Å². The molecule has 0 radical (unpaired) electrons. The first-order valence-corrected chi connectivity index (χ1v) is 9.09. The van der Waals surface area contributed by atoms with Crippen LogP contribution in [0.3, 0.4) is 0 Å². The van der Waals surface area contributed by atoms with Gasteiger partial charge in [-0.25, -0.2) is 0 Å². The van der Waals surface area contributed by atoms with Crippen molar-refractivity contribution < 1.29 is 9.47 Å². The van der Waals surface area contributed by atoms with Gasteiger partial charge >= 0.3 is 0 Å². The van der Waals surface area contributed by atoms with E-state index in [4.69, 9.17) is 21.1 Å². The number of piperidine rings is 1. The summed E-state index contributed by atoms with van der Waals surface area (Å²) in [5.41, 5.74) is 5.61. The normalized spacial score (nSPS) is 22.8. The van der Waals surface area contributed by atoms with E-state index in [1.807, 2.05) is 19.1 Å². The third-order valence-corrected chi connectivity index (χ3v) is 4.63. The zero-order valence-corrected chi connectivity index (χ0v) is 15.3. The number of rotatable bonds is 6. The Kier molecular flexibility index (Phi) is 5.51. The Morgan fingerprint density at radius 1 is 1.33 bits per heavy atom. The maximum absolute atomic E-state index is 6.52. The van der Waals surface area contributed by atoms with Crippen LogP contribution in [0.1, 0.15) is 38.8 Å². The number of halogens is 1. The molecule has 1 aromatic rings. The van der Waals surface area contributed by atoms with Crippen LogP contribution in [0.2, 0.25) is 5.02 Å². The maximum atomic E-state index is 6.52. The minimum Gasteiger partial charge on any atom is -0.490 e. The molecule has 2 aliphatic rings. The third kappa shape index (κ3) is 3.62. The van der Waals surface area contributed by atoms with Crippen LogP contribution in [0.5, 0.6) is 11.5 Å². The zero-order chi connectivity index (χ0) is 17.1. The van der Waals surface area contributed by atoms with E-state index in [1.165, 1.54) is 5.71 Å². The fourth-order valence-electron chi connectivity index (χ4n) is 3.20. The summed E-state index contributed by atoms with van der Waals surface area (Å²) < 4.78 is 11.7. The smallest absolute Gasteiger partial charge is 0.179 e. The van der Waals surface area contributed by atoms with Crippen molar-refractivity contribution in [3.63, 3.8) is 0 Å². The Hall–Kier alpha value is -1.46. The lowest BCUT2D eigenvalue weighted by Crippen LogP contribution is -2.38. The Bertz CT molecular complexity index is 619. The van der Waals surface area contributed by atoms with E-state index >= 15 is 0 Å². The average molecular weight is 352 g/mol. The van der Waals surface area contributed by atoms with Crippen molar-refractivity contribution in [3.05, 3.63) is 22.7 Å². The molecule has 2 atom stereocenters. The first kappa shape index (κ1) is 17.4. The molecule has 6 heteroatoms. The summed E-state index contributed by atoms with van der Waals surface area (Å²) in [5, 5.41) is 8.55. The number of hydrogen-bond donors (Lipinski definition) is 2. The molecule has 2 N–H and O–H groups in total. The highest BCUT2D eigenvalue weighted by Gasteiger charge is 2.35. The highest BCUT2D eigenvalue weighted by atomic mass is 35.5. The van der Waals surface area contributed by atoms with Gasteiger partial charge < -0.3 is 20.2 Å².